The monoisotopic (exact) mass is 462 g/mol. The first-order valence-electron chi connectivity index (χ1n) is 7.55. The lowest BCUT2D eigenvalue weighted by Gasteiger charge is -2.10. The third-order valence-corrected chi connectivity index (χ3v) is 5.07. The molecule has 0 atom stereocenters. The summed E-state index contributed by atoms with van der Waals surface area (Å²) in [6, 6.07) is 7.07. The molecule has 126 valence electrons. The van der Waals surface area contributed by atoms with Gasteiger partial charge in [-0.25, -0.2) is 9.97 Å². The molecule has 0 saturated heterocycles. The number of rotatable bonds is 2. The lowest BCUT2D eigenvalue weighted by atomic mass is 10.1. The van der Waals surface area contributed by atoms with Crippen LogP contribution in [0.15, 0.2) is 39.4 Å². The number of nitrogens with one attached hydrogen (secondary N) is 2. The SMILES string of the molecule is O=C1NCCc2[nH]c(-c3ccnc(-c4cc(Br)cc(Br)c4O)n3)cc21. The van der Waals surface area contributed by atoms with E-state index in [-0.39, 0.29) is 11.7 Å². The van der Waals surface area contributed by atoms with E-state index in [2.05, 4.69) is 52.1 Å². The van der Waals surface area contributed by atoms with Gasteiger partial charge in [0.25, 0.3) is 5.91 Å². The third-order valence-electron chi connectivity index (χ3n) is 4.01. The van der Waals surface area contributed by atoms with Crippen LogP contribution in [0.5, 0.6) is 5.75 Å². The second kappa shape index (κ2) is 6.27. The molecule has 0 radical (unpaired) electrons. The van der Waals surface area contributed by atoms with Gasteiger partial charge in [-0.1, -0.05) is 15.9 Å². The van der Waals surface area contributed by atoms with E-state index >= 15 is 0 Å². The van der Waals surface area contributed by atoms with Crippen molar-refractivity contribution in [1.29, 1.82) is 0 Å². The molecule has 0 bridgehead atoms. The number of carbonyl (C=O) groups is 1. The maximum Gasteiger partial charge on any atom is 0.253 e. The molecule has 25 heavy (non-hydrogen) atoms. The summed E-state index contributed by atoms with van der Waals surface area (Å²) in [5.74, 6) is 0.395. The van der Waals surface area contributed by atoms with Crippen molar-refractivity contribution in [3.63, 3.8) is 0 Å². The highest BCUT2D eigenvalue weighted by Crippen LogP contribution is 2.37. The summed E-state index contributed by atoms with van der Waals surface area (Å²) in [6.45, 7) is 0.626. The Kier molecular flexibility index (Phi) is 4.09. The van der Waals surface area contributed by atoms with Crippen LogP contribution in [-0.4, -0.2) is 32.5 Å². The number of amides is 1. The van der Waals surface area contributed by atoms with Gasteiger partial charge in [-0.05, 0) is 40.2 Å². The van der Waals surface area contributed by atoms with Crippen LogP contribution >= 0.6 is 31.9 Å². The highest BCUT2D eigenvalue weighted by molar-refractivity contribution is 9.11. The highest BCUT2D eigenvalue weighted by Gasteiger charge is 2.21. The van der Waals surface area contributed by atoms with Gasteiger partial charge in [0, 0.05) is 29.3 Å². The molecule has 4 rings (SSSR count). The number of phenolic OH excluding ortho intramolecular Hbond substituents is 1. The fourth-order valence-corrected chi connectivity index (χ4v) is 4.03. The topological polar surface area (TPSA) is 90.9 Å². The Morgan fingerprint density at radius 3 is 2.80 bits per heavy atom. The Balaban J connectivity index is 1.80. The second-order valence-corrected chi connectivity index (χ2v) is 7.40. The van der Waals surface area contributed by atoms with Crippen LogP contribution in [0.25, 0.3) is 22.8 Å². The van der Waals surface area contributed by atoms with Crippen molar-refractivity contribution in [2.24, 2.45) is 0 Å². The largest absolute Gasteiger partial charge is 0.506 e. The Hall–Kier alpha value is -2.19. The fraction of sp³-hybridized carbons (Fsp3) is 0.118. The van der Waals surface area contributed by atoms with Gasteiger partial charge in [-0.2, -0.15) is 0 Å². The lowest BCUT2D eigenvalue weighted by Crippen LogP contribution is -2.31. The van der Waals surface area contributed by atoms with Gasteiger partial charge in [0.2, 0.25) is 0 Å². The molecular formula is C17H12Br2N4O2. The van der Waals surface area contributed by atoms with Crippen molar-refractivity contribution >= 4 is 37.8 Å². The van der Waals surface area contributed by atoms with Crippen LogP contribution in [0.4, 0.5) is 0 Å². The molecule has 0 spiro atoms. The van der Waals surface area contributed by atoms with E-state index in [4.69, 9.17) is 0 Å². The van der Waals surface area contributed by atoms with E-state index < -0.39 is 0 Å². The Bertz CT molecular complexity index is 1000. The minimum absolute atomic E-state index is 0.0745. The van der Waals surface area contributed by atoms with Gasteiger partial charge in [0.05, 0.1) is 27.0 Å². The molecule has 2 aromatic heterocycles. The van der Waals surface area contributed by atoms with Crippen molar-refractivity contribution in [2.45, 2.75) is 6.42 Å². The number of halogens is 2. The van der Waals surface area contributed by atoms with Crippen molar-refractivity contribution in [3.8, 4) is 28.5 Å². The van der Waals surface area contributed by atoms with Crippen LogP contribution in [0.3, 0.4) is 0 Å². The zero-order chi connectivity index (χ0) is 17.6. The number of hydrogen-bond acceptors (Lipinski definition) is 4. The zero-order valence-electron chi connectivity index (χ0n) is 12.8. The molecule has 1 aromatic carbocycles. The minimum atomic E-state index is -0.0772. The molecule has 3 heterocycles. The number of H-pyrrole nitrogens is 1. The number of hydrogen-bond donors (Lipinski definition) is 3. The van der Waals surface area contributed by atoms with Gasteiger partial charge in [-0.15, -0.1) is 0 Å². The standard InChI is InChI=1S/C17H12Br2N4O2/c18-8-5-10(15(24)11(19)6-8)16-20-3-2-13(23-16)14-7-9-12(22-14)1-4-21-17(9)25/h2-3,5-7,22,24H,1,4H2,(H,21,25). The second-order valence-electron chi connectivity index (χ2n) is 5.63. The van der Waals surface area contributed by atoms with E-state index in [1.165, 1.54) is 0 Å². The predicted octanol–water partition coefficient (Wildman–Crippen LogP) is 3.66. The summed E-state index contributed by atoms with van der Waals surface area (Å²) < 4.78 is 1.35. The smallest absolute Gasteiger partial charge is 0.253 e. The Morgan fingerprint density at radius 1 is 1.16 bits per heavy atom. The molecule has 8 heteroatoms. The van der Waals surface area contributed by atoms with Crippen LogP contribution in [0.2, 0.25) is 0 Å². The number of aromatic amines is 1. The quantitative estimate of drug-likeness (QED) is 0.540. The first kappa shape index (κ1) is 16.3. The molecule has 1 amide bonds. The molecule has 6 nitrogen and oxygen atoms in total. The van der Waals surface area contributed by atoms with E-state index in [0.717, 1.165) is 22.3 Å². The van der Waals surface area contributed by atoms with E-state index in [9.17, 15) is 9.90 Å². The number of phenols is 1. The molecule has 0 saturated carbocycles. The summed E-state index contributed by atoms with van der Waals surface area (Å²) in [6.07, 6.45) is 2.39. The van der Waals surface area contributed by atoms with Gasteiger partial charge < -0.3 is 15.4 Å². The number of nitrogens with zero attached hydrogens (tertiary/aromatic N) is 2. The van der Waals surface area contributed by atoms with Gasteiger partial charge in [0.15, 0.2) is 5.82 Å². The summed E-state index contributed by atoms with van der Waals surface area (Å²) >= 11 is 6.72. The number of fused-ring (bicyclic) bond motifs is 1. The average Bonchev–Trinajstić information content (AvgIpc) is 3.04. The van der Waals surface area contributed by atoms with Gasteiger partial charge in [-0.3, -0.25) is 4.79 Å². The predicted molar refractivity (Wildman–Crippen MR) is 100 cm³/mol. The van der Waals surface area contributed by atoms with E-state index in [0.29, 0.717) is 33.7 Å². The van der Waals surface area contributed by atoms with Crippen LogP contribution < -0.4 is 5.32 Å². The van der Waals surface area contributed by atoms with Crippen LogP contribution in [-0.2, 0) is 6.42 Å². The fourth-order valence-electron chi connectivity index (χ4n) is 2.81. The number of carbonyl (C=O) groups excluding carboxylic acids is 1. The molecular weight excluding hydrogens is 452 g/mol. The lowest BCUT2D eigenvalue weighted by molar-refractivity contribution is 0.0946. The van der Waals surface area contributed by atoms with Crippen molar-refractivity contribution in [3.05, 3.63) is 50.7 Å². The first-order valence-corrected chi connectivity index (χ1v) is 9.13. The van der Waals surface area contributed by atoms with Gasteiger partial charge >= 0.3 is 0 Å². The summed E-state index contributed by atoms with van der Waals surface area (Å²) in [7, 11) is 0. The zero-order valence-corrected chi connectivity index (χ0v) is 16.0. The highest BCUT2D eigenvalue weighted by atomic mass is 79.9. The third kappa shape index (κ3) is 2.96. The Morgan fingerprint density at radius 2 is 2.00 bits per heavy atom. The van der Waals surface area contributed by atoms with Crippen LogP contribution in [0, 0.1) is 0 Å². The normalized spacial score (nSPS) is 13.4. The molecule has 3 aromatic rings. The summed E-state index contributed by atoms with van der Waals surface area (Å²) in [5, 5.41) is 13.1. The first-order chi connectivity index (χ1) is 12.0. The molecule has 0 aliphatic carbocycles. The summed E-state index contributed by atoms with van der Waals surface area (Å²) in [4.78, 5) is 24.0. The number of benzene rings is 1. The average molecular weight is 464 g/mol. The summed E-state index contributed by atoms with van der Waals surface area (Å²) in [5.41, 5.74) is 3.47. The van der Waals surface area contributed by atoms with E-state index in [1.54, 1.807) is 30.5 Å². The molecule has 0 fully saturated rings. The van der Waals surface area contributed by atoms with Crippen molar-refractivity contribution in [2.75, 3.05) is 6.54 Å². The van der Waals surface area contributed by atoms with Crippen molar-refractivity contribution < 1.29 is 9.90 Å². The molecule has 3 N–H and O–H groups in total. The number of aromatic nitrogens is 3. The van der Waals surface area contributed by atoms with E-state index in [1.807, 2.05) is 0 Å². The van der Waals surface area contributed by atoms with Crippen LogP contribution in [0.1, 0.15) is 16.1 Å². The van der Waals surface area contributed by atoms with Gasteiger partial charge in [0.1, 0.15) is 5.75 Å². The molecule has 0 unspecified atom stereocenters. The molecule has 1 aliphatic heterocycles. The minimum Gasteiger partial charge on any atom is -0.506 e. The number of aromatic hydroxyl groups is 1. The Labute approximate surface area is 160 Å². The maximum absolute atomic E-state index is 11.9. The maximum atomic E-state index is 11.9. The van der Waals surface area contributed by atoms with Crippen molar-refractivity contribution in [1.82, 2.24) is 20.3 Å². The molecule has 1 aliphatic rings.